The van der Waals surface area contributed by atoms with Crippen LogP contribution in [0.25, 0.3) is 0 Å². The Morgan fingerprint density at radius 1 is 1.27 bits per heavy atom. The van der Waals surface area contributed by atoms with E-state index >= 15 is 0 Å². The van der Waals surface area contributed by atoms with Gasteiger partial charge in [-0.25, -0.2) is 8.78 Å². The number of Topliss-reactive ketones (excluding diaryl/α,β-unsaturated/α-hetero) is 1. The van der Waals surface area contributed by atoms with Gasteiger partial charge in [0.1, 0.15) is 23.7 Å². The first-order chi connectivity index (χ1) is 10.2. The van der Waals surface area contributed by atoms with Crippen LogP contribution in [-0.4, -0.2) is 40.8 Å². The number of hydrogen-bond donors (Lipinski definition) is 3. The van der Waals surface area contributed by atoms with Gasteiger partial charge in [0, 0.05) is 18.3 Å². The van der Waals surface area contributed by atoms with Gasteiger partial charge in [-0.2, -0.15) is 0 Å². The van der Waals surface area contributed by atoms with Crippen LogP contribution in [0.2, 0.25) is 0 Å². The number of carbonyl (C=O) groups excluding carboxylic acids is 2. The van der Waals surface area contributed by atoms with E-state index in [2.05, 4.69) is 0 Å². The normalized spacial score (nSPS) is 33.0. The smallest absolute Gasteiger partial charge is 0.246 e. The van der Waals surface area contributed by atoms with Crippen molar-refractivity contribution in [2.24, 2.45) is 16.9 Å². The van der Waals surface area contributed by atoms with Crippen molar-refractivity contribution in [3.63, 3.8) is 0 Å². The summed E-state index contributed by atoms with van der Waals surface area (Å²) in [5.41, 5.74) is 8.27. The quantitative estimate of drug-likeness (QED) is 0.648. The molecule has 0 heterocycles. The fourth-order valence-corrected chi connectivity index (χ4v) is 3.79. The predicted molar refractivity (Wildman–Crippen MR) is 76.3 cm³/mol. The van der Waals surface area contributed by atoms with Crippen LogP contribution < -0.4 is 11.5 Å². The summed E-state index contributed by atoms with van der Waals surface area (Å²) in [5, 5.41) is 9.87. The van der Waals surface area contributed by atoms with E-state index in [0.717, 1.165) is 12.8 Å². The summed E-state index contributed by atoms with van der Waals surface area (Å²) in [4.78, 5) is 23.4. The van der Waals surface area contributed by atoms with Gasteiger partial charge in [0.05, 0.1) is 6.04 Å². The van der Waals surface area contributed by atoms with Crippen molar-refractivity contribution in [3.05, 3.63) is 0 Å². The SMILES string of the molecule is NC(=O)C(O)C1(CC(=O)[C@@H](N)CC2(F)CCCC2)CC(F)C1. The number of nitrogens with two attached hydrogens (primary N) is 2. The maximum Gasteiger partial charge on any atom is 0.246 e. The van der Waals surface area contributed by atoms with Crippen LogP contribution in [0, 0.1) is 5.41 Å². The van der Waals surface area contributed by atoms with Crippen LogP contribution >= 0.6 is 0 Å². The third kappa shape index (κ3) is 3.46. The van der Waals surface area contributed by atoms with Crippen molar-refractivity contribution in [1.29, 1.82) is 0 Å². The maximum atomic E-state index is 14.4. The van der Waals surface area contributed by atoms with Gasteiger partial charge < -0.3 is 16.6 Å². The molecule has 5 nitrogen and oxygen atoms in total. The second-order valence-corrected chi connectivity index (χ2v) is 6.98. The lowest BCUT2D eigenvalue weighted by Gasteiger charge is -2.46. The molecule has 2 fully saturated rings. The van der Waals surface area contributed by atoms with E-state index in [1.165, 1.54) is 0 Å². The van der Waals surface area contributed by atoms with Gasteiger partial charge in [0.25, 0.3) is 0 Å². The highest BCUT2D eigenvalue weighted by Gasteiger charge is 2.53. The number of primary amides is 1. The molecule has 1 unspecified atom stereocenters. The lowest BCUT2D eigenvalue weighted by atomic mass is 9.60. The Bertz CT molecular complexity index is 446. The highest BCUT2D eigenvalue weighted by atomic mass is 19.1. The molecule has 2 aliphatic rings. The summed E-state index contributed by atoms with van der Waals surface area (Å²) in [6, 6.07) is -1.00. The molecule has 7 heteroatoms. The summed E-state index contributed by atoms with van der Waals surface area (Å²) in [5.74, 6) is -1.43. The van der Waals surface area contributed by atoms with Gasteiger partial charge in [-0.1, -0.05) is 12.8 Å². The number of carbonyl (C=O) groups is 2. The number of ketones is 1. The van der Waals surface area contributed by atoms with Crippen molar-refractivity contribution in [1.82, 2.24) is 0 Å². The summed E-state index contributed by atoms with van der Waals surface area (Å²) in [6.07, 6.45) is -0.890. The van der Waals surface area contributed by atoms with E-state index in [4.69, 9.17) is 11.5 Å². The molecule has 0 radical (unpaired) electrons. The van der Waals surface area contributed by atoms with Crippen molar-refractivity contribution in [2.75, 3.05) is 0 Å². The monoisotopic (exact) mass is 318 g/mol. The van der Waals surface area contributed by atoms with E-state index in [1.54, 1.807) is 0 Å². The zero-order valence-electron chi connectivity index (χ0n) is 12.6. The Morgan fingerprint density at radius 3 is 2.27 bits per heavy atom. The van der Waals surface area contributed by atoms with E-state index < -0.39 is 41.1 Å². The second kappa shape index (κ2) is 6.20. The molecule has 0 aliphatic heterocycles. The molecule has 2 saturated carbocycles. The lowest BCUT2D eigenvalue weighted by molar-refractivity contribution is -0.149. The lowest BCUT2D eigenvalue weighted by Crippen LogP contribution is -2.55. The summed E-state index contributed by atoms with van der Waals surface area (Å²) >= 11 is 0. The van der Waals surface area contributed by atoms with Gasteiger partial charge in [0.2, 0.25) is 5.91 Å². The summed E-state index contributed by atoms with van der Waals surface area (Å²) in [7, 11) is 0. The van der Waals surface area contributed by atoms with Crippen LogP contribution in [0.4, 0.5) is 8.78 Å². The summed E-state index contributed by atoms with van der Waals surface area (Å²) < 4.78 is 27.6. The van der Waals surface area contributed by atoms with E-state index in [1.807, 2.05) is 0 Å². The molecule has 0 saturated heterocycles. The predicted octanol–water partition coefficient (Wildman–Crippen LogP) is 0.910. The zero-order valence-corrected chi connectivity index (χ0v) is 12.6. The number of hydrogen-bond acceptors (Lipinski definition) is 4. The molecule has 5 N–H and O–H groups in total. The number of halogens is 2. The minimum Gasteiger partial charge on any atom is -0.383 e. The first-order valence-electron chi connectivity index (χ1n) is 7.76. The molecule has 0 aromatic rings. The molecule has 2 rings (SSSR count). The van der Waals surface area contributed by atoms with Crippen molar-refractivity contribution in [3.8, 4) is 0 Å². The minimum absolute atomic E-state index is 0.0619. The standard InChI is InChI=1S/C15H24F2N2O3/c16-9-5-14(6-9,12(21)13(19)22)8-11(20)10(18)7-15(17)3-1-2-4-15/h9-10,12,21H,1-8,18H2,(H2,19,22)/t9?,10-,12?,14?/m0/s1. The first kappa shape index (κ1) is 17.3. The second-order valence-electron chi connectivity index (χ2n) is 6.98. The average molecular weight is 318 g/mol. The van der Waals surface area contributed by atoms with E-state index in [-0.39, 0.29) is 25.7 Å². The number of amides is 1. The van der Waals surface area contributed by atoms with Gasteiger partial charge in [-0.3, -0.25) is 9.59 Å². The molecular weight excluding hydrogens is 294 g/mol. The number of rotatable bonds is 7. The van der Waals surface area contributed by atoms with Crippen LogP contribution in [0.3, 0.4) is 0 Å². The molecule has 0 bridgehead atoms. The minimum atomic E-state index is -1.58. The highest BCUT2D eigenvalue weighted by Crippen LogP contribution is 2.49. The number of alkyl halides is 2. The largest absolute Gasteiger partial charge is 0.383 e. The Labute approximate surface area is 128 Å². The highest BCUT2D eigenvalue weighted by molar-refractivity contribution is 5.87. The molecule has 0 spiro atoms. The van der Waals surface area contributed by atoms with Crippen molar-refractivity contribution in [2.45, 2.75) is 75.4 Å². The molecule has 2 atom stereocenters. The molecule has 0 aromatic carbocycles. The van der Waals surface area contributed by atoms with Crippen LogP contribution in [0.5, 0.6) is 0 Å². The molecular formula is C15H24F2N2O3. The van der Waals surface area contributed by atoms with Crippen LogP contribution in [-0.2, 0) is 9.59 Å². The number of aliphatic hydroxyl groups excluding tert-OH is 1. The molecule has 0 aromatic heterocycles. The first-order valence-corrected chi connectivity index (χ1v) is 7.76. The fraction of sp³-hybridized carbons (Fsp3) is 0.867. The van der Waals surface area contributed by atoms with Gasteiger partial charge in [-0.05, 0) is 25.7 Å². The fourth-order valence-electron chi connectivity index (χ4n) is 3.79. The van der Waals surface area contributed by atoms with Gasteiger partial charge in [0.15, 0.2) is 0 Å². The summed E-state index contributed by atoms with van der Waals surface area (Å²) in [6.45, 7) is 0. The molecule has 126 valence electrons. The van der Waals surface area contributed by atoms with E-state index in [9.17, 15) is 23.5 Å². The molecule has 22 heavy (non-hydrogen) atoms. The van der Waals surface area contributed by atoms with Crippen LogP contribution in [0.1, 0.15) is 51.4 Å². The average Bonchev–Trinajstić information content (AvgIpc) is 2.81. The Kier molecular flexibility index (Phi) is 4.87. The van der Waals surface area contributed by atoms with Crippen molar-refractivity contribution >= 4 is 11.7 Å². The third-order valence-corrected chi connectivity index (χ3v) is 5.13. The van der Waals surface area contributed by atoms with Crippen molar-refractivity contribution < 1.29 is 23.5 Å². The Balaban J connectivity index is 1.98. The molecule has 2 aliphatic carbocycles. The van der Waals surface area contributed by atoms with E-state index in [0.29, 0.717) is 12.8 Å². The zero-order chi connectivity index (χ0) is 16.5. The topological polar surface area (TPSA) is 106 Å². The van der Waals surface area contributed by atoms with Crippen LogP contribution in [0.15, 0.2) is 0 Å². The van der Waals surface area contributed by atoms with Gasteiger partial charge in [-0.15, -0.1) is 0 Å². The third-order valence-electron chi connectivity index (χ3n) is 5.13. The maximum absolute atomic E-state index is 14.4. The Morgan fingerprint density at radius 2 is 1.82 bits per heavy atom. The molecule has 1 amide bonds. The van der Waals surface area contributed by atoms with Gasteiger partial charge >= 0.3 is 0 Å². The number of aliphatic hydroxyl groups is 1. The Hall–Kier alpha value is -1.08.